The van der Waals surface area contributed by atoms with Crippen LogP contribution in [-0.4, -0.2) is 22.2 Å². The molecule has 0 atom stereocenters. The monoisotopic (exact) mass is 377 g/mol. The van der Waals surface area contributed by atoms with E-state index in [4.69, 9.17) is 20.8 Å². The number of hydrogen-bond donors (Lipinski definition) is 0. The van der Waals surface area contributed by atoms with E-state index < -0.39 is 4.92 Å². The quantitative estimate of drug-likeness (QED) is 0.352. The van der Waals surface area contributed by atoms with Crippen molar-refractivity contribution in [2.75, 3.05) is 7.11 Å². The summed E-state index contributed by atoms with van der Waals surface area (Å²) in [6.45, 7) is 0. The molecule has 128 valence electrons. The molecule has 0 aliphatic carbocycles. The SMILES string of the molecule is COc1ccc(CSc2nnc(-c3ccc(Cl)cc3)o2)cc1[N+](=O)[O-]. The van der Waals surface area contributed by atoms with E-state index in [2.05, 4.69) is 10.2 Å². The van der Waals surface area contributed by atoms with Gasteiger partial charge in [0.25, 0.3) is 5.22 Å². The highest BCUT2D eigenvalue weighted by molar-refractivity contribution is 7.98. The second-order valence-electron chi connectivity index (χ2n) is 4.93. The smallest absolute Gasteiger partial charge is 0.311 e. The average molecular weight is 378 g/mol. The third-order valence-electron chi connectivity index (χ3n) is 3.30. The molecule has 0 N–H and O–H groups in total. The Hall–Kier alpha value is -2.58. The van der Waals surface area contributed by atoms with E-state index in [9.17, 15) is 10.1 Å². The van der Waals surface area contributed by atoms with Crippen LogP contribution in [0.3, 0.4) is 0 Å². The maximum Gasteiger partial charge on any atom is 0.311 e. The Bertz CT molecular complexity index is 899. The van der Waals surface area contributed by atoms with Gasteiger partial charge in [0.05, 0.1) is 12.0 Å². The molecule has 0 saturated heterocycles. The lowest BCUT2D eigenvalue weighted by Crippen LogP contribution is -1.95. The van der Waals surface area contributed by atoms with Crippen molar-refractivity contribution in [1.82, 2.24) is 10.2 Å². The van der Waals surface area contributed by atoms with Gasteiger partial charge in [0.1, 0.15) is 0 Å². The number of nitrogens with zero attached hydrogens (tertiary/aromatic N) is 3. The summed E-state index contributed by atoms with van der Waals surface area (Å²) in [6.07, 6.45) is 0. The van der Waals surface area contributed by atoms with Crippen molar-refractivity contribution in [3.63, 3.8) is 0 Å². The molecule has 0 amide bonds. The highest BCUT2D eigenvalue weighted by Crippen LogP contribution is 2.31. The zero-order chi connectivity index (χ0) is 17.8. The predicted octanol–water partition coefficient (Wildman–Crippen LogP) is 4.60. The van der Waals surface area contributed by atoms with Crippen LogP contribution >= 0.6 is 23.4 Å². The van der Waals surface area contributed by atoms with Crippen LogP contribution in [0.25, 0.3) is 11.5 Å². The largest absolute Gasteiger partial charge is 0.490 e. The Labute approximate surface area is 152 Å². The summed E-state index contributed by atoms with van der Waals surface area (Å²) in [6, 6.07) is 11.9. The van der Waals surface area contributed by atoms with Gasteiger partial charge < -0.3 is 9.15 Å². The topological polar surface area (TPSA) is 91.3 Å². The molecule has 1 aromatic heterocycles. The Morgan fingerprint density at radius 3 is 2.68 bits per heavy atom. The normalized spacial score (nSPS) is 10.6. The van der Waals surface area contributed by atoms with Gasteiger partial charge in [0.2, 0.25) is 5.89 Å². The number of thioether (sulfide) groups is 1. The van der Waals surface area contributed by atoms with Gasteiger partial charge in [0.15, 0.2) is 5.75 Å². The molecule has 9 heteroatoms. The molecule has 0 radical (unpaired) electrons. The highest BCUT2D eigenvalue weighted by atomic mass is 35.5. The van der Waals surface area contributed by atoms with Crippen LogP contribution in [-0.2, 0) is 5.75 Å². The van der Waals surface area contributed by atoms with Crippen molar-refractivity contribution in [3.05, 3.63) is 63.2 Å². The molecular formula is C16H12ClN3O4S. The molecular weight excluding hydrogens is 366 g/mol. The van der Waals surface area contributed by atoms with Gasteiger partial charge in [-0.2, -0.15) is 0 Å². The van der Waals surface area contributed by atoms with Gasteiger partial charge in [-0.15, -0.1) is 10.2 Å². The number of ether oxygens (including phenoxy) is 1. The van der Waals surface area contributed by atoms with Crippen molar-refractivity contribution < 1.29 is 14.1 Å². The van der Waals surface area contributed by atoms with E-state index >= 15 is 0 Å². The molecule has 1 heterocycles. The summed E-state index contributed by atoms with van der Waals surface area (Å²) < 4.78 is 10.6. The lowest BCUT2D eigenvalue weighted by Gasteiger charge is -2.03. The lowest BCUT2D eigenvalue weighted by atomic mass is 10.2. The van der Waals surface area contributed by atoms with Crippen molar-refractivity contribution in [1.29, 1.82) is 0 Å². The summed E-state index contributed by atoms with van der Waals surface area (Å²) in [5.74, 6) is 1.06. The molecule has 0 unspecified atom stereocenters. The van der Waals surface area contributed by atoms with Crippen LogP contribution in [0.15, 0.2) is 52.1 Å². The molecule has 3 aromatic rings. The molecule has 0 bridgehead atoms. The van der Waals surface area contributed by atoms with Gasteiger partial charge in [-0.25, -0.2) is 0 Å². The Kier molecular flexibility index (Phi) is 5.20. The fourth-order valence-electron chi connectivity index (χ4n) is 2.09. The maximum atomic E-state index is 11.1. The standard InChI is InChI=1S/C16H12ClN3O4S/c1-23-14-7-2-10(8-13(14)20(21)22)9-25-16-19-18-15(24-16)11-3-5-12(17)6-4-11/h2-8H,9H2,1H3. The molecule has 0 saturated carbocycles. The minimum atomic E-state index is -0.474. The predicted molar refractivity (Wildman–Crippen MR) is 94.0 cm³/mol. The van der Waals surface area contributed by atoms with E-state index in [0.29, 0.717) is 21.9 Å². The second-order valence-corrected chi connectivity index (χ2v) is 6.30. The summed E-state index contributed by atoms with van der Waals surface area (Å²) in [4.78, 5) is 10.6. The average Bonchev–Trinajstić information content (AvgIpc) is 3.09. The minimum Gasteiger partial charge on any atom is -0.490 e. The summed E-state index contributed by atoms with van der Waals surface area (Å²) in [5.41, 5.74) is 1.44. The van der Waals surface area contributed by atoms with Crippen molar-refractivity contribution in [2.45, 2.75) is 11.0 Å². The first-order chi connectivity index (χ1) is 12.1. The van der Waals surface area contributed by atoms with Crippen molar-refractivity contribution in [3.8, 4) is 17.2 Å². The summed E-state index contributed by atoms with van der Waals surface area (Å²) in [5, 5.41) is 20.0. The zero-order valence-electron chi connectivity index (χ0n) is 13.0. The number of benzene rings is 2. The van der Waals surface area contributed by atoms with Crippen LogP contribution < -0.4 is 4.74 Å². The fraction of sp³-hybridized carbons (Fsp3) is 0.125. The van der Waals surface area contributed by atoms with Crippen LogP contribution in [0.4, 0.5) is 5.69 Å². The van der Waals surface area contributed by atoms with Crippen LogP contribution in [0.1, 0.15) is 5.56 Å². The molecule has 25 heavy (non-hydrogen) atoms. The van der Waals surface area contributed by atoms with E-state index in [1.807, 2.05) is 0 Å². The molecule has 2 aromatic carbocycles. The number of aromatic nitrogens is 2. The van der Waals surface area contributed by atoms with Crippen LogP contribution in [0, 0.1) is 10.1 Å². The summed E-state index contributed by atoms with van der Waals surface area (Å²) in [7, 11) is 1.40. The molecule has 0 aliphatic rings. The number of nitro groups is 1. The molecule has 0 aliphatic heterocycles. The van der Waals surface area contributed by atoms with E-state index in [1.165, 1.54) is 24.9 Å². The Morgan fingerprint density at radius 2 is 2.00 bits per heavy atom. The first kappa shape index (κ1) is 17.2. The van der Waals surface area contributed by atoms with Crippen molar-refractivity contribution in [2.24, 2.45) is 0 Å². The van der Waals surface area contributed by atoms with Crippen LogP contribution in [0.5, 0.6) is 5.75 Å². The minimum absolute atomic E-state index is 0.0759. The van der Waals surface area contributed by atoms with E-state index in [-0.39, 0.29) is 11.4 Å². The zero-order valence-corrected chi connectivity index (χ0v) is 14.6. The number of nitro benzene ring substituents is 1. The van der Waals surface area contributed by atoms with E-state index in [1.54, 1.807) is 36.4 Å². The van der Waals surface area contributed by atoms with Gasteiger partial charge >= 0.3 is 5.69 Å². The number of hydrogen-bond acceptors (Lipinski definition) is 7. The number of halogens is 1. The van der Waals surface area contributed by atoms with E-state index in [0.717, 1.165) is 11.1 Å². The highest BCUT2D eigenvalue weighted by Gasteiger charge is 2.16. The molecule has 7 nitrogen and oxygen atoms in total. The first-order valence-electron chi connectivity index (χ1n) is 7.10. The van der Waals surface area contributed by atoms with Gasteiger partial charge in [-0.1, -0.05) is 29.4 Å². The lowest BCUT2D eigenvalue weighted by molar-refractivity contribution is -0.385. The third kappa shape index (κ3) is 4.09. The Morgan fingerprint density at radius 1 is 1.24 bits per heavy atom. The number of methoxy groups -OCH3 is 1. The molecule has 0 spiro atoms. The maximum absolute atomic E-state index is 11.1. The second kappa shape index (κ2) is 7.54. The number of rotatable bonds is 6. The first-order valence-corrected chi connectivity index (χ1v) is 8.46. The van der Waals surface area contributed by atoms with Gasteiger partial charge in [-0.3, -0.25) is 10.1 Å². The molecule has 3 rings (SSSR count). The Balaban J connectivity index is 1.71. The molecule has 0 fully saturated rings. The summed E-state index contributed by atoms with van der Waals surface area (Å²) >= 11 is 7.15. The van der Waals surface area contributed by atoms with Gasteiger partial charge in [0, 0.05) is 22.4 Å². The fourth-order valence-corrected chi connectivity index (χ4v) is 2.92. The third-order valence-corrected chi connectivity index (χ3v) is 4.44. The van der Waals surface area contributed by atoms with Crippen molar-refractivity contribution >= 4 is 29.1 Å². The van der Waals surface area contributed by atoms with Gasteiger partial charge in [-0.05, 0) is 35.9 Å². The van der Waals surface area contributed by atoms with Crippen LogP contribution in [0.2, 0.25) is 5.02 Å².